The Labute approximate surface area is 110 Å². The van der Waals surface area contributed by atoms with Crippen LogP contribution in [0, 0.1) is 11.7 Å². The van der Waals surface area contributed by atoms with Gasteiger partial charge in [0.25, 0.3) is 0 Å². The first kappa shape index (κ1) is 13.0. The minimum atomic E-state index is -0.184. The van der Waals surface area contributed by atoms with E-state index >= 15 is 0 Å². The number of ether oxygens (including phenoxy) is 1. The van der Waals surface area contributed by atoms with Crippen LogP contribution in [0.3, 0.4) is 0 Å². The molecule has 94 valence electrons. The van der Waals surface area contributed by atoms with E-state index in [-0.39, 0.29) is 5.82 Å². The molecule has 1 fully saturated rings. The van der Waals surface area contributed by atoms with Crippen molar-refractivity contribution in [3.8, 4) is 0 Å². The van der Waals surface area contributed by atoms with Crippen LogP contribution in [0.1, 0.15) is 17.9 Å². The van der Waals surface area contributed by atoms with Gasteiger partial charge in [0.05, 0.1) is 6.61 Å². The molecule has 1 saturated carbocycles. The van der Waals surface area contributed by atoms with Crippen molar-refractivity contribution in [1.82, 2.24) is 5.32 Å². The summed E-state index contributed by atoms with van der Waals surface area (Å²) in [7, 11) is 1.71. The molecule has 1 aromatic rings. The lowest BCUT2D eigenvalue weighted by Gasteiger charge is -2.05. The van der Waals surface area contributed by atoms with Crippen molar-refractivity contribution in [3.05, 3.63) is 34.1 Å². The summed E-state index contributed by atoms with van der Waals surface area (Å²) in [6.45, 7) is 2.65. The molecular formula is C13H17BrFNO. The SMILES string of the molecule is COCCNCC1CC1c1ccc(F)cc1Br. The maximum absolute atomic E-state index is 13.0. The highest BCUT2D eigenvalue weighted by Crippen LogP contribution is 2.49. The van der Waals surface area contributed by atoms with Gasteiger partial charge in [-0.15, -0.1) is 0 Å². The number of halogens is 2. The van der Waals surface area contributed by atoms with E-state index in [1.807, 2.05) is 6.07 Å². The third kappa shape index (κ3) is 3.50. The number of methoxy groups -OCH3 is 1. The first-order chi connectivity index (χ1) is 8.22. The zero-order valence-electron chi connectivity index (χ0n) is 9.88. The van der Waals surface area contributed by atoms with Gasteiger partial charge in [0.1, 0.15) is 5.82 Å². The number of rotatable bonds is 6. The van der Waals surface area contributed by atoms with Gasteiger partial charge in [-0.3, -0.25) is 0 Å². The Morgan fingerprint density at radius 3 is 3.06 bits per heavy atom. The monoisotopic (exact) mass is 301 g/mol. The molecule has 0 bridgehead atoms. The van der Waals surface area contributed by atoms with Crippen molar-refractivity contribution < 1.29 is 9.13 Å². The fourth-order valence-corrected chi connectivity index (χ4v) is 2.76. The second-order valence-corrected chi connectivity index (χ2v) is 5.32. The van der Waals surface area contributed by atoms with Crippen LogP contribution < -0.4 is 5.32 Å². The number of hydrogen-bond donors (Lipinski definition) is 1. The largest absolute Gasteiger partial charge is 0.383 e. The maximum atomic E-state index is 13.0. The number of nitrogens with one attached hydrogen (secondary N) is 1. The molecule has 0 spiro atoms. The first-order valence-corrected chi connectivity index (χ1v) is 6.66. The van der Waals surface area contributed by atoms with Crippen molar-refractivity contribution in [2.24, 2.45) is 5.92 Å². The predicted molar refractivity (Wildman–Crippen MR) is 69.7 cm³/mol. The van der Waals surface area contributed by atoms with Crippen LogP contribution in [0.25, 0.3) is 0 Å². The van der Waals surface area contributed by atoms with Gasteiger partial charge >= 0.3 is 0 Å². The van der Waals surface area contributed by atoms with Crippen molar-refractivity contribution in [1.29, 1.82) is 0 Å². The van der Waals surface area contributed by atoms with Gasteiger partial charge in [-0.05, 0) is 42.5 Å². The van der Waals surface area contributed by atoms with Gasteiger partial charge in [-0.1, -0.05) is 22.0 Å². The van der Waals surface area contributed by atoms with Crippen LogP contribution in [0.4, 0.5) is 4.39 Å². The Morgan fingerprint density at radius 1 is 1.53 bits per heavy atom. The van der Waals surface area contributed by atoms with Gasteiger partial charge in [0.2, 0.25) is 0 Å². The number of hydrogen-bond acceptors (Lipinski definition) is 2. The molecule has 17 heavy (non-hydrogen) atoms. The van der Waals surface area contributed by atoms with E-state index in [0.717, 1.165) is 24.2 Å². The first-order valence-electron chi connectivity index (χ1n) is 5.87. The standard InChI is InChI=1S/C13H17BrFNO/c1-17-5-4-16-8-9-6-12(9)11-3-2-10(15)7-13(11)14/h2-3,7,9,12,16H,4-6,8H2,1H3. The average Bonchev–Trinajstić information content (AvgIpc) is 3.04. The second-order valence-electron chi connectivity index (χ2n) is 4.47. The van der Waals surface area contributed by atoms with Crippen LogP contribution in [0.5, 0.6) is 0 Å². The van der Waals surface area contributed by atoms with Gasteiger partial charge in [0, 0.05) is 18.1 Å². The molecule has 1 N–H and O–H groups in total. The molecule has 2 unspecified atom stereocenters. The minimum Gasteiger partial charge on any atom is -0.383 e. The van der Waals surface area contributed by atoms with E-state index in [1.165, 1.54) is 18.1 Å². The normalized spacial score (nSPS) is 22.8. The van der Waals surface area contributed by atoms with Crippen molar-refractivity contribution >= 4 is 15.9 Å². The smallest absolute Gasteiger partial charge is 0.124 e. The fraction of sp³-hybridized carbons (Fsp3) is 0.538. The molecule has 1 aliphatic rings. The van der Waals surface area contributed by atoms with Crippen molar-refractivity contribution in [2.75, 3.05) is 26.8 Å². The Morgan fingerprint density at radius 2 is 2.35 bits per heavy atom. The Balaban J connectivity index is 1.81. The van der Waals surface area contributed by atoms with Crippen molar-refractivity contribution in [2.45, 2.75) is 12.3 Å². The highest BCUT2D eigenvalue weighted by atomic mass is 79.9. The van der Waals surface area contributed by atoms with Gasteiger partial charge < -0.3 is 10.1 Å². The van der Waals surface area contributed by atoms with Crippen molar-refractivity contribution in [3.63, 3.8) is 0 Å². The highest BCUT2D eigenvalue weighted by Gasteiger charge is 2.38. The summed E-state index contributed by atoms with van der Waals surface area (Å²) in [5.74, 6) is 1.06. The molecule has 1 aliphatic carbocycles. The lowest BCUT2D eigenvalue weighted by atomic mass is 10.1. The third-order valence-electron chi connectivity index (χ3n) is 3.17. The lowest BCUT2D eigenvalue weighted by Crippen LogP contribution is -2.21. The Bertz CT molecular complexity index is 386. The Kier molecular flexibility index (Phi) is 4.54. The van der Waals surface area contributed by atoms with Gasteiger partial charge in [0.15, 0.2) is 0 Å². The fourth-order valence-electron chi connectivity index (χ4n) is 2.12. The van der Waals surface area contributed by atoms with E-state index in [1.54, 1.807) is 13.2 Å². The van der Waals surface area contributed by atoms with E-state index in [9.17, 15) is 4.39 Å². The van der Waals surface area contributed by atoms with E-state index in [0.29, 0.717) is 11.8 Å². The second kappa shape index (κ2) is 5.94. The summed E-state index contributed by atoms with van der Waals surface area (Å²) in [5, 5.41) is 3.36. The van der Waals surface area contributed by atoms with E-state index in [4.69, 9.17) is 4.74 Å². The lowest BCUT2D eigenvalue weighted by molar-refractivity contribution is 0.199. The third-order valence-corrected chi connectivity index (χ3v) is 3.86. The molecule has 2 nitrogen and oxygen atoms in total. The maximum Gasteiger partial charge on any atom is 0.124 e. The molecule has 0 aliphatic heterocycles. The molecule has 0 saturated heterocycles. The van der Waals surface area contributed by atoms with Crippen LogP contribution in [-0.2, 0) is 4.74 Å². The summed E-state index contributed by atoms with van der Waals surface area (Å²) in [6, 6.07) is 4.97. The van der Waals surface area contributed by atoms with Crippen LogP contribution >= 0.6 is 15.9 Å². The van der Waals surface area contributed by atoms with Gasteiger partial charge in [-0.25, -0.2) is 4.39 Å². The van der Waals surface area contributed by atoms with Crippen LogP contribution in [0.2, 0.25) is 0 Å². The van der Waals surface area contributed by atoms with E-state index < -0.39 is 0 Å². The van der Waals surface area contributed by atoms with Gasteiger partial charge in [-0.2, -0.15) is 0 Å². The molecule has 0 heterocycles. The van der Waals surface area contributed by atoms with E-state index in [2.05, 4.69) is 21.2 Å². The highest BCUT2D eigenvalue weighted by molar-refractivity contribution is 9.10. The summed E-state index contributed by atoms with van der Waals surface area (Å²) in [5.41, 5.74) is 1.23. The molecule has 0 aromatic heterocycles. The molecule has 0 radical (unpaired) electrons. The minimum absolute atomic E-state index is 0.184. The molecule has 0 amide bonds. The molecule has 2 rings (SSSR count). The number of benzene rings is 1. The zero-order chi connectivity index (χ0) is 12.3. The van der Waals surface area contributed by atoms with Crippen LogP contribution in [-0.4, -0.2) is 26.8 Å². The predicted octanol–water partition coefficient (Wildman–Crippen LogP) is 2.93. The topological polar surface area (TPSA) is 21.3 Å². The summed E-state index contributed by atoms with van der Waals surface area (Å²) >= 11 is 3.43. The summed E-state index contributed by atoms with van der Waals surface area (Å²) in [4.78, 5) is 0. The molecule has 4 heteroatoms. The molecule has 2 atom stereocenters. The molecular weight excluding hydrogens is 285 g/mol. The molecule has 1 aromatic carbocycles. The Hall–Kier alpha value is -0.450. The quantitative estimate of drug-likeness (QED) is 0.816. The summed E-state index contributed by atoms with van der Waals surface area (Å²) < 4.78 is 18.8. The average molecular weight is 302 g/mol. The van der Waals surface area contributed by atoms with Crippen LogP contribution in [0.15, 0.2) is 22.7 Å². The zero-order valence-corrected chi connectivity index (χ0v) is 11.5. The summed E-state index contributed by atoms with van der Waals surface area (Å²) in [6.07, 6.45) is 1.18.